The van der Waals surface area contributed by atoms with E-state index in [4.69, 9.17) is 9.47 Å². The van der Waals surface area contributed by atoms with E-state index in [1.165, 1.54) is 19.3 Å². The number of amides is 3. The average Bonchev–Trinajstić information content (AvgIpc) is 3.25. The number of nitrogens with zero attached hydrogens (tertiary/aromatic N) is 1. The Labute approximate surface area is 175 Å². The van der Waals surface area contributed by atoms with Crippen LogP contribution >= 0.6 is 0 Å². The summed E-state index contributed by atoms with van der Waals surface area (Å²) in [5, 5.41) is 2.81. The number of imide groups is 1. The molecule has 30 heavy (non-hydrogen) atoms. The summed E-state index contributed by atoms with van der Waals surface area (Å²) in [6.45, 7) is 1.69. The second-order valence-electron chi connectivity index (χ2n) is 10.1. The van der Waals surface area contributed by atoms with Gasteiger partial charge in [-0.25, -0.2) is 4.79 Å². The second kappa shape index (κ2) is 5.99. The zero-order valence-corrected chi connectivity index (χ0v) is 17.1. The number of carbonyl (C=O) groups is 3. The van der Waals surface area contributed by atoms with Gasteiger partial charge in [0.05, 0.1) is 6.54 Å². The fourth-order valence-corrected chi connectivity index (χ4v) is 7.01. The van der Waals surface area contributed by atoms with Crippen LogP contribution in [0.2, 0.25) is 0 Å². The first kappa shape index (κ1) is 18.2. The molecule has 158 valence electrons. The van der Waals surface area contributed by atoms with Gasteiger partial charge in [0.2, 0.25) is 6.79 Å². The van der Waals surface area contributed by atoms with Gasteiger partial charge in [0.1, 0.15) is 5.54 Å². The van der Waals surface area contributed by atoms with Crippen LogP contribution in [0.4, 0.5) is 4.79 Å². The highest BCUT2D eigenvalue weighted by Gasteiger charge is 2.56. The number of fused-ring (bicyclic) bond motifs is 1. The Morgan fingerprint density at radius 3 is 2.37 bits per heavy atom. The lowest BCUT2D eigenvalue weighted by Crippen LogP contribution is -2.53. The summed E-state index contributed by atoms with van der Waals surface area (Å²) in [6.07, 6.45) is 6.54. The smallest absolute Gasteiger partial charge is 0.325 e. The number of nitrogens with one attached hydrogen (secondary N) is 1. The summed E-state index contributed by atoms with van der Waals surface area (Å²) in [5.74, 6) is 2.78. The van der Waals surface area contributed by atoms with E-state index in [0.717, 1.165) is 24.2 Å². The van der Waals surface area contributed by atoms with Crippen molar-refractivity contribution in [2.75, 3.05) is 13.3 Å². The SMILES string of the molecule is C[C@]1(c2ccc3c(c2)OCO3)NC(=O)N(CC(=O)C23CC4CC(CC(C4)C2)C3)C1=O. The molecule has 2 heterocycles. The molecule has 0 unspecified atom stereocenters. The van der Waals surface area contributed by atoms with Gasteiger partial charge >= 0.3 is 6.03 Å². The predicted molar refractivity (Wildman–Crippen MR) is 106 cm³/mol. The van der Waals surface area contributed by atoms with E-state index < -0.39 is 11.6 Å². The maximum atomic E-state index is 13.4. The second-order valence-corrected chi connectivity index (χ2v) is 10.1. The molecule has 4 aliphatic carbocycles. The Kier molecular flexibility index (Phi) is 3.64. The van der Waals surface area contributed by atoms with Gasteiger partial charge in [-0.2, -0.15) is 0 Å². The van der Waals surface area contributed by atoms with Crippen LogP contribution in [0.5, 0.6) is 11.5 Å². The van der Waals surface area contributed by atoms with Gasteiger partial charge in [0.25, 0.3) is 5.91 Å². The molecule has 7 nitrogen and oxygen atoms in total. The topological polar surface area (TPSA) is 84.9 Å². The largest absolute Gasteiger partial charge is 0.454 e. The Balaban J connectivity index is 1.24. The molecule has 1 saturated heterocycles. The van der Waals surface area contributed by atoms with Crippen molar-refractivity contribution in [3.63, 3.8) is 0 Å². The number of ether oxygens (including phenoxy) is 2. The molecule has 7 rings (SSSR count). The first-order valence-electron chi connectivity index (χ1n) is 10.9. The first-order valence-corrected chi connectivity index (χ1v) is 10.9. The third-order valence-corrected chi connectivity index (χ3v) is 8.16. The van der Waals surface area contributed by atoms with Gasteiger partial charge in [-0.1, -0.05) is 6.07 Å². The molecule has 0 aromatic heterocycles. The van der Waals surface area contributed by atoms with Gasteiger partial charge in [-0.3, -0.25) is 14.5 Å². The monoisotopic (exact) mass is 410 g/mol. The third kappa shape index (κ3) is 2.47. The Morgan fingerprint density at radius 2 is 1.70 bits per heavy atom. The molecule has 1 N–H and O–H groups in total. The summed E-state index contributed by atoms with van der Waals surface area (Å²) in [5.41, 5.74) is -0.929. The van der Waals surface area contributed by atoms with Crippen molar-refractivity contribution in [3.8, 4) is 11.5 Å². The molecule has 2 aliphatic heterocycles. The first-order chi connectivity index (χ1) is 14.4. The number of carbonyl (C=O) groups excluding carboxylic acids is 3. The van der Waals surface area contributed by atoms with Crippen LogP contribution in [0.25, 0.3) is 0 Å². The Bertz CT molecular complexity index is 937. The standard InChI is InChI=1S/C23H26N2O5/c1-22(16-2-3-17-18(7-16)30-12-29-17)20(27)25(21(28)24-22)11-19(26)23-8-13-4-14(9-23)6-15(5-13)10-23/h2-3,7,13-15H,4-6,8-12H2,1H3,(H,24,28)/t13?,14?,15?,22-,23?/m1/s1. The molecule has 0 spiro atoms. The van der Waals surface area contributed by atoms with Crippen molar-refractivity contribution >= 4 is 17.7 Å². The molecule has 0 radical (unpaired) electrons. The molecule has 1 atom stereocenters. The highest BCUT2D eigenvalue weighted by atomic mass is 16.7. The Hall–Kier alpha value is -2.57. The van der Waals surface area contributed by atoms with E-state index in [0.29, 0.717) is 34.8 Å². The zero-order chi connectivity index (χ0) is 20.7. The molecular weight excluding hydrogens is 384 g/mol. The van der Waals surface area contributed by atoms with E-state index in [1.54, 1.807) is 25.1 Å². The number of Topliss-reactive ketones (excluding diaryl/α,β-unsaturated/α-hetero) is 1. The summed E-state index contributed by atoms with van der Waals surface area (Å²) in [7, 11) is 0. The fraction of sp³-hybridized carbons (Fsp3) is 0.609. The van der Waals surface area contributed by atoms with Crippen LogP contribution in [0.3, 0.4) is 0 Å². The van der Waals surface area contributed by atoms with Crippen molar-refractivity contribution < 1.29 is 23.9 Å². The van der Waals surface area contributed by atoms with Crippen LogP contribution in [0, 0.1) is 23.2 Å². The van der Waals surface area contributed by atoms with Crippen LogP contribution in [0.1, 0.15) is 51.0 Å². The normalized spacial score (nSPS) is 38.3. The number of ketones is 1. The van der Waals surface area contributed by atoms with Crippen molar-refractivity contribution in [1.29, 1.82) is 0 Å². The predicted octanol–water partition coefficient (Wildman–Crippen LogP) is 2.97. The lowest BCUT2D eigenvalue weighted by Gasteiger charge is -2.56. The van der Waals surface area contributed by atoms with Gasteiger partial charge in [0, 0.05) is 5.41 Å². The van der Waals surface area contributed by atoms with E-state index in [9.17, 15) is 14.4 Å². The summed E-state index contributed by atoms with van der Waals surface area (Å²) in [6, 6.07) is 4.73. The number of rotatable bonds is 4. The molecule has 3 amide bonds. The van der Waals surface area contributed by atoms with Gasteiger partial charge in [-0.05, 0) is 80.9 Å². The van der Waals surface area contributed by atoms with Crippen LogP contribution < -0.4 is 14.8 Å². The summed E-state index contributed by atoms with van der Waals surface area (Å²) < 4.78 is 10.8. The van der Waals surface area contributed by atoms with E-state index in [-0.39, 0.29) is 30.4 Å². The maximum absolute atomic E-state index is 13.4. The van der Waals surface area contributed by atoms with Gasteiger partial charge in [-0.15, -0.1) is 0 Å². The highest BCUT2D eigenvalue weighted by Crippen LogP contribution is 2.60. The Morgan fingerprint density at radius 1 is 1.07 bits per heavy atom. The van der Waals surface area contributed by atoms with E-state index in [2.05, 4.69) is 5.32 Å². The highest BCUT2D eigenvalue weighted by molar-refractivity contribution is 6.09. The number of urea groups is 1. The molecule has 1 aromatic rings. The number of hydrogen-bond donors (Lipinski definition) is 1. The molecule has 4 bridgehead atoms. The molecule has 5 fully saturated rings. The van der Waals surface area contributed by atoms with Gasteiger partial charge < -0.3 is 14.8 Å². The summed E-state index contributed by atoms with van der Waals surface area (Å²) in [4.78, 5) is 40.6. The molecule has 6 aliphatic rings. The number of hydrogen-bond acceptors (Lipinski definition) is 5. The zero-order valence-electron chi connectivity index (χ0n) is 17.1. The van der Waals surface area contributed by atoms with E-state index >= 15 is 0 Å². The van der Waals surface area contributed by atoms with Gasteiger partial charge in [0.15, 0.2) is 17.3 Å². The third-order valence-electron chi connectivity index (χ3n) is 8.16. The van der Waals surface area contributed by atoms with Crippen molar-refractivity contribution in [1.82, 2.24) is 10.2 Å². The molecule has 4 saturated carbocycles. The summed E-state index contributed by atoms with van der Waals surface area (Å²) >= 11 is 0. The van der Waals surface area contributed by atoms with Crippen LogP contribution in [-0.4, -0.2) is 36.0 Å². The quantitative estimate of drug-likeness (QED) is 0.772. The lowest BCUT2D eigenvalue weighted by atomic mass is 9.48. The minimum atomic E-state index is -1.22. The van der Waals surface area contributed by atoms with Crippen molar-refractivity contribution in [2.24, 2.45) is 23.2 Å². The molecule has 1 aromatic carbocycles. The maximum Gasteiger partial charge on any atom is 0.325 e. The minimum Gasteiger partial charge on any atom is -0.454 e. The minimum absolute atomic E-state index is 0.0695. The van der Waals surface area contributed by atoms with Crippen LogP contribution in [0.15, 0.2) is 18.2 Å². The lowest BCUT2D eigenvalue weighted by molar-refractivity contribution is -0.147. The van der Waals surface area contributed by atoms with Crippen molar-refractivity contribution in [3.05, 3.63) is 23.8 Å². The van der Waals surface area contributed by atoms with Crippen LogP contribution in [-0.2, 0) is 15.1 Å². The number of benzene rings is 1. The molecular formula is C23H26N2O5. The van der Waals surface area contributed by atoms with Crippen molar-refractivity contribution in [2.45, 2.75) is 51.0 Å². The fourth-order valence-electron chi connectivity index (χ4n) is 7.01. The molecule has 7 heteroatoms. The van der Waals surface area contributed by atoms with E-state index in [1.807, 2.05) is 0 Å². The average molecular weight is 410 g/mol.